The molecule has 0 fully saturated rings. The molecule has 3 rings (SSSR count). The molecule has 4 heteroatoms. The van der Waals surface area contributed by atoms with E-state index in [-0.39, 0.29) is 11.7 Å². The first-order chi connectivity index (χ1) is 9.54. The summed E-state index contributed by atoms with van der Waals surface area (Å²) in [6.45, 7) is 2.03. The minimum absolute atomic E-state index is 0.182. The zero-order chi connectivity index (χ0) is 14.3. The van der Waals surface area contributed by atoms with E-state index in [1.807, 2.05) is 25.1 Å². The van der Waals surface area contributed by atoms with Crippen molar-refractivity contribution in [3.8, 4) is 16.9 Å². The van der Waals surface area contributed by atoms with Crippen LogP contribution in [-0.4, -0.2) is 17.2 Å². The number of rotatable bonds is 2. The Morgan fingerprint density at radius 3 is 2.85 bits per heavy atom. The van der Waals surface area contributed by atoms with Crippen molar-refractivity contribution in [2.75, 3.05) is 0 Å². The molecular weight excluding hydrogens is 276 g/mol. The number of carbonyl (C=O) groups is 1. The molecule has 20 heavy (non-hydrogen) atoms. The van der Waals surface area contributed by atoms with Gasteiger partial charge < -0.3 is 9.84 Å². The van der Waals surface area contributed by atoms with Crippen LogP contribution >= 0.6 is 11.6 Å². The van der Waals surface area contributed by atoms with E-state index in [0.717, 1.165) is 28.9 Å². The van der Waals surface area contributed by atoms with Crippen molar-refractivity contribution in [2.24, 2.45) is 0 Å². The van der Waals surface area contributed by atoms with E-state index < -0.39 is 5.97 Å². The van der Waals surface area contributed by atoms with Crippen molar-refractivity contribution in [1.29, 1.82) is 0 Å². The molecule has 0 radical (unpaired) electrons. The highest BCUT2D eigenvalue weighted by molar-refractivity contribution is 6.33. The molecule has 0 spiro atoms. The third kappa shape index (κ3) is 2.25. The Morgan fingerprint density at radius 2 is 2.10 bits per heavy atom. The van der Waals surface area contributed by atoms with Crippen LogP contribution in [0.25, 0.3) is 11.1 Å². The number of carboxylic acid groups (broad SMARTS) is 1. The fourth-order valence-electron chi connectivity index (χ4n) is 2.47. The summed E-state index contributed by atoms with van der Waals surface area (Å²) in [5, 5.41) is 9.62. The molecule has 1 N–H and O–H groups in total. The minimum atomic E-state index is -0.957. The average Bonchev–Trinajstić information content (AvgIpc) is 2.78. The second-order valence-corrected chi connectivity index (χ2v) is 5.36. The molecule has 0 aromatic heterocycles. The minimum Gasteiger partial charge on any atom is -0.490 e. The van der Waals surface area contributed by atoms with Crippen LogP contribution in [0.2, 0.25) is 5.02 Å². The van der Waals surface area contributed by atoms with E-state index in [1.165, 1.54) is 6.07 Å². The van der Waals surface area contributed by atoms with Gasteiger partial charge in [0.15, 0.2) is 0 Å². The van der Waals surface area contributed by atoms with Gasteiger partial charge in [0.05, 0.1) is 5.56 Å². The zero-order valence-electron chi connectivity index (χ0n) is 10.9. The van der Waals surface area contributed by atoms with Gasteiger partial charge >= 0.3 is 5.97 Å². The quantitative estimate of drug-likeness (QED) is 0.907. The number of halogens is 1. The highest BCUT2D eigenvalue weighted by Gasteiger charge is 2.20. The first-order valence-electron chi connectivity index (χ1n) is 6.37. The van der Waals surface area contributed by atoms with Crippen LogP contribution in [0.15, 0.2) is 36.4 Å². The molecule has 1 aliphatic heterocycles. The fraction of sp³-hybridized carbons (Fsp3) is 0.188. The highest BCUT2D eigenvalue weighted by atomic mass is 35.5. The summed E-state index contributed by atoms with van der Waals surface area (Å²) in [5.41, 5.74) is 3.00. The van der Waals surface area contributed by atoms with Crippen molar-refractivity contribution < 1.29 is 14.6 Å². The van der Waals surface area contributed by atoms with Crippen LogP contribution in [0.5, 0.6) is 5.75 Å². The monoisotopic (exact) mass is 288 g/mol. The second kappa shape index (κ2) is 4.84. The van der Waals surface area contributed by atoms with Gasteiger partial charge in [-0.05, 0) is 48.4 Å². The van der Waals surface area contributed by atoms with Gasteiger partial charge in [0, 0.05) is 17.0 Å². The van der Waals surface area contributed by atoms with Gasteiger partial charge in [0.25, 0.3) is 0 Å². The van der Waals surface area contributed by atoms with Crippen LogP contribution < -0.4 is 4.74 Å². The van der Waals surface area contributed by atoms with Gasteiger partial charge in [-0.3, -0.25) is 0 Å². The van der Waals surface area contributed by atoms with Crippen molar-refractivity contribution in [3.05, 3.63) is 52.5 Å². The highest BCUT2D eigenvalue weighted by Crippen LogP contribution is 2.35. The van der Waals surface area contributed by atoms with Gasteiger partial charge in [0.1, 0.15) is 11.9 Å². The van der Waals surface area contributed by atoms with E-state index in [4.69, 9.17) is 21.4 Å². The van der Waals surface area contributed by atoms with Crippen LogP contribution in [0.1, 0.15) is 22.8 Å². The summed E-state index contributed by atoms with van der Waals surface area (Å²) in [6, 6.07) is 10.6. The Labute approximate surface area is 121 Å². The summed E-state index contributed by atoms with van der Waals surface area (Å²) in [4.78, 5) is 11.1. The summed E-state index contributed by atoms with van der Waals surface area (Å²) in [5.74, 6) is -0.0622. The van der Waals surface area contributed by atoms with E-state index in [0.29, 0.717) is 5.02 Å². The molecule has 1 atom stereocenters. The molecule has 102 valence electrons. The Balaban J connectivity index is 2.08. The largest absolute Gasteiger partial charge is 0.490 e. The smallest absolute Gasteiger partial charge is 0.335 e. The number of hydrogen-bond acceptors (Lipinski definition) is 2. The molecular formula is C16H13ClO3. The molecule has 2 aromatic rings. The topological polar surface area (TPSA) is 46.5 Å². The molecule has 0 amide bonds. The predicted molar refractivity (Wildman–Crippen MR) is 77.6 cm³/mol. The lowest BCUT2D eigenvalue weighted by atomic mass is 9.99. The van der Waals surface area contributed by atoms with Crippen LogP contribution in [0.3, 0.4) is 0 Å². The molecule has 0 aliphatic carbocycles. The first-order valence-corrected chi connectivity index (χ1v) is 6.75. The van der Waals surface area contributed by atoms with E-state index in [2.05, 4.69) is 0 Å². The van der Waals surface area contributed by atoms with E-state index in [1.54, 1.807) is 12.1 Å². The van der Waals surface area contributed by atoms with Crippen LogP contribution in [-0.2, 0) is 6.42 Å². The molecule has 0 saturated heterocycles. The molecule has 2 aromatic carbocycles. The molecule has 1 unspecified atom stereocenters. The number of aromatic carboxylic acids is 1. The number of fused-ring (bicyclic) bond motifs is 1. The zero-order valence-corrected chi connectivity index (χ0v) is 11.6. The Bertz CT molecular complexity index is 694. The van der Waals surface area contributed by atoms with Crippen molar-refractivity contribution in [2.45, 2.75) is 19.4 Å². The van der Waals surface area contributed by atoms with Crippen molar-refractivity contribution >= 4 is 17.6 Å². The number of hydrogen-bond donors (Lipinski definition) is 1. The predicted octanol–water partition coefficient (Wildman–Crippen LogP) is 4.03. The molecule has 1 heterocycles. The Kier molecular flexibility index (Phi) is 3.14. The lowest BCUT2D eigenvalue weighted by Crippen LogP contribution is -2.05. The normalized spacial score (nSPS) is 16.6. The Morgan fingerprint density at radius 1 is 1.30 bits per heavy atom. The lowest BCUT2D eigenvalue weighted by molar-refractivity contribution is 0.0697. The SMILES string of the molecule is CC1Cc2cc(-c3cc(C(=O)O)ccc3Cl)ccc2O1. The summed E-state index contributed by atoms with van der Waals surface area (Å²) >= 11 is 6.19. The van der Waals surface area contributed by atoms with E-state index in [9.17, 15) is 4.79 Å². The summed E-state index contributed by atoms with van der Waals surface area (Å²) in [7, 11) is 0. The third-order valence-corrected chi connectivity index (χ3v) is 3.75. The van der Waals surface area contributed by atoms with Gasteiger partial charge in [-0.2, -0.15) is 0 Å². The Hall–Kier alpha value is -2.00. The maximum absolute atomic E-state index is 11.1. The summed E-state index contributed by atoms with van der Waals surface area (Å²) < 4.78 is 5.66. The fourth-order valence-corrected chi connectivity index (χ4v) is 2.70. The molecule has 0 saturated carbocycles. The number of ether oxygens (including phenoxy) is 1. The van der Waals surface area contributed by atoms with Gasteiger partial charge in [-0.1, -0.05) is 17.7 Å². The lowest BCUT2D eigenvalue weighted by Gasteiger charge is -2.08. The third-order valence-electron chi connectivity index (χ3n) is 3.42. The summed E-state index contributed by atoms with van der Waals surface area (Å²) in [6.07, 6.45) is 1.04. The molecule has 1 aliphatic rings. The number of carboxylic acids is 1. The molecule has 0 bridgehead atoms. The second-order valence-electron chi connectivity index (χ2n) is 4.95. The maximum Gasteiger partial charge on any atom is 0.335 e. The van der Waals surface area contributed by atoms with E-state index >= 15 is 0 Å². The van der Waals surface area contributed by atoms with Crippen LogP contribution in [0.4, 0.5) is 0 Å². The van der Waals surface area contributed by atoms with Crippen molar-refractivity contribution in [3.63, 3.8) is 0 Å². The van der Waals surface area contributed by atoms with Gasteiger partial charge in [0.2, 0.25) is 0 Å². The first kappa shape index (κ1) is 13.0. The average molecular weight is 289 g/mol. The standard InChI is InChI=1S/C16H13ClO3/c1-9-6-12-7-10(3-5-15(12)20-9)13-8-11(16(18)19)2-4-14(13)17/h2-5,7-9H,6H2,1H3,(H,18,19). The van der Waals surface area contributed by atoms with Crippen LogP contribution in [0, 0.1) is 0 Å². The maximum atomic E-state index is 11.1. The molecule has 3 nitrogen and oxygen atoms in total. The van der Waals surface area contributed by atoms with Gasteiger partial charge in [-0.15, -0.1) is 0 Å². The number of benzene rings is 2. The van der Waals surface area contributed by atoms with Crippen molar-refractivity contribution in [1.82, 2.24) is 0 Å². The van der Waals surface area contributed by atoms with Gasteiger partial charge in [-0.25, -0.2) is 4.79 Å².